The van der Waals surface area contributed by atoms with Gasteiger partial charge >= 0.3 is 5.97 Å². The average Bonchev–Trinajstić information content (AvgIpc) is 2.89. The standard InChI is InChI=1S/C14H19N3O3S/c1-10(14(19)20)16-5-7-17(8-6-16)13(18)4-3-12-9-21-11(2)15-12/h3-4,9-10H,5-8H2,1-2H3,(H,19,20). The second-order valence-corrected chi connectivity index (χ2v) is 6.06. The fourth-order valence-electron chi connectivity index (χ4n) is 2.20. The topological polar surface area (TPSA) is 73.7 Å². The summed E-state index contributed by atoms with van der Waals surface area (Å²) >= 11 is 1.55. The molecule has 0 aromatic carbocycles. The van der Waals surface area contributed by atoms with E-state index in [1.54, 1.807) is 29.2 Å². The maximum Gasteiger partial charge on any atom is 0.320 e. The first kappa shape index (κ1) is 15.7. The van der Waals surface area contributed by atoms with E-state index in [4.69, 9.17) is 5.11 Å². The van der Waals surface area contributed by atoms with Crippen molar-refractivity contribution in [3.8, 4) is 0 Å². The molecule has 0 radical (unpaired) electrons. The number of carbonyl (C=O) groups excluding carboxylic acids is 1. The third-order valence-corrected chi connectivity index (χ3v) is 4.36. The Labute approximate surface area is 127 Å². The number of rotatable bonds is 4. The van der Waals surface area contributed by atoms with Crippen molar-refractivity contribution in [2.24, 2.45) is 0 Å². The first-order valence-electron chi connectivity index (χ1n) is 6.83. The largest absolute Gasteiger partial charge is 0.480 e. The van der Waals surface area contributed by atoms with Crippen LogP contribution in [0.4, 0.5) is 0 Å². The van der Waals surface area contributed by atoms with Crippen LogP contribution in [0.3, 0.4) is 0 Å². The summed E-state index contributed by atoms with van der Waals surface area (Å²) < 4.78 is 0. The van der Waals surface area contributed by atoms with Gasteiger partial charge in [0, 0.05) is 37.6 Å². The highest BCUT2D eigenvalue weighted by molar-refractivity contribution is 7.09. The van der Waals surface area contributed by atoms with Crippen LogP contribution in [0, 0.1) is 6.92 Å². The van der Waals surface area contributed by atoms with Crippen molar-refractivity contribution in [1.29, 1.82) is 0 Å². The van der Waals surface area contributed by atoms with E-state index in [1.165, 1.54) is 6.08 Å². The molecule has 1 aromatic rings. The van der Waals surface area contributed by atoms with E-state index in [0.29, 0.717) is 26.2 Å². The van der Waals surface area contributed by atoms with Gasteiger partial charge < -0.3 is 10.0 Å². The number of carboxylic acids is 1. The highest BCUT2D eigenvalue weighted by Gasteiger charge is 2.26. The van der Waals surface area contributed by atoms with Gasteiger partial charge in [-0.1, -0.05) is 0 Å². The van der Waals surface area contributed by atoms with Gasteiger partial charge in [0.15, 0.2) is 0 Å². The zero-order valence-corrected chi connectivity index (χ0v) is 13.0. The van der Waals surface area contributed by atoms with Crippen LogP contribution in [-0.4, -0.2) is 64.0 Å². The molecular weight excluding hydrogens is 290 g/mol. The normalized spacial score (nSPS) is 18.1. The molecule has 7 heteroatoms. The number of aryl methyl sites for hydroxylation is 1. The minimum atomic E-state index is -0.825. The summed E-state index contributed by atoms with van der Waals surface area (Å²) in [5, 5.41) is 11.9. The Morgan fingerprint density at radius 2 is 2.05 bits per heavy atom. The highest BCUT2D eigenvalue weighted by atomic mass is 32.1. The minimum absolute atomic E-state index is 0.0525. The van der Waals surface area contributed by atoms with Gasteiger partial charge in [0.05, 0.1) is 10.7 Å². The van der Waals surface area contributed by atoms with Crippen LogP contribution in [0.25, 0.3) is 6.08 Å². The minimum Gasteiger partial charge on any atom is -0.480 e. The quantitative estimate of drug-likeness (QED) is 0.843. The summed E-state index contributed by atoms with van der Waals surface area (Å²) in [4.78, 5) is 30.9. The summed E-state index contributed by atoms with van der Waals surface area (Å²) in [6.45, 7) is 5.87. The second-order valence-electron chi connectivity index (χ2n) is 5.00. The Balaban J connectivity index is 1.86. The van der Waals surface area contributed by atoms with Crippen LogP contribution in [0.2, 0.25) is 0 Å². The summed E-state index contributed by atoms with van der Waals surface area (Å²) in [7, 11) is 0. The van der Waals surface area contributed by atoms with Crippen molar-refractivity contribution in [3.05, 3.63) is 22.2 Å². The van der Waals surface area contributed by atoms with E-state index >= 15 is 0 Å². The lowest BCUT2D eigenvalue weighted by atomic mass is 10.2. The molecule has 1 aromatic heterocycles. The second kappa shape index (κ2) is 6.82. The van der Waals surface area contributed by atoms with Crippen molar-refractivity contribution < 1.29 is 14.7 Å². The lowest BCUT2D eigenvalue weighted by Crippen LogP contribution is -2.52. The predicted molar refractivity (Wildman–Crippen MR) is 81.1 cm³/mol. The Morgan fingerprint density at radius 3 is 2.57 bits per heavy atom. The van der Waals surface area contributed by atoms with Gasteiger partial charge in [-0.25, -0.2) is 4.98 Å². The molecule has 1 aliphatic heterocycles. The number of carbonyl (C=O) groups is 2. The summed E-state index contributed by atoms with van der Waals surface area (Å²) in [5.41, 5.74) is 0.795. The zero-order valence-electron chi connectivity index (χ0n) is 12.2. The van der Waals surface area contributed by atoms with Gasteiger partial charge in [-0.05, 0) is 19.9 Å². The molecule has 2 rings (SSSR count). The van der Waals surface area contributed by atoms with Crippen molar-refractivity contribution in [2.45, 2.75) is 19.9 Å². The molecule has 0 spiro atoms. The van der Waals surface area contributed by atoms with Gasteiger partial charge in [-0.3, -0.25) is 14.5 Å². The molecule has 6 nitrogen and oxygen atoms in total. The number of hydrogen-bond acceptors (Lipinski definition) is 5. The smallest absolute Gasteiger partial charge is 0.320 e. The van der Waals surface area contributed by atoms with Crippen molar-refractivity contribution >= 4 is 29.3 Å². The highest BCUT2D eigenvalue weighted by Crippen LogP contribution is 2.11. The van der Waals surface area contributed by atoms with E-state index in [1.807, 2.05) is 17.2 Å². The first-order chi connectivity index (χ1) is 9.97. The van der Waals surface area contributed by atoms with E-state index in [0.717, 1.165) is 10.7 Å². The molecule has 1 atom stereocenters. The van der Waals surface area contributed by atoms with Gasteiger partial charge in [-0.2, -0.15) is 0 Å². The Bertz CT molecular complexity index is 547. The summed E-state index contributed by atoms with van der Waals surface area (Å²) in [6.07, 6.45) is 3.25. The van der Waals surface area contributed by atoms with Crippen LogP contribution in [-0.2, 0) is 9.59 Å². The number of thiazole rings is 1. The lowest BCUT2D eigenvalue weighted by molar-refractivity contribution is -0.143. The molecule has 21 heavy (non-hydrogen) atoms. The van der Waals surface area contributed by atoms with E-state index in [9.17, 15) is 9.59 Å². The monoisotopic (exact) mass is 309 g/mol. The maximum absolute atomic E-state index is 12.1. The molecule has 1 amide bonds. The predicted octanol–water partition coefficient (Wildman–Crippen LogP) is 1.08. The molecule has 0 bridgehead atoms. The maximum atomic E-state index is 12.1. The van der Waals surface area contributed by atoms with Crippen LogP contribution >= 0.6 is 11.3 Å². The molecule has 1 unspecified atom stereocenters. The molecule has 1 saturated heterocycles. The third-order valence-electron chi connectivity index (χ3n) is 3.56. The Hall–Kier alpha value is -1.73. The summed E-state index contributed by atoms with van der Waals surface area (Å²) in [6, 6.07) is -0.504. The number of carboxylic acid groups (broad SMARTS) is 1. The third kappa shape index (κ3) is 4.12. The molecule has 0 aliphatic carbocycles. The van der Waals surface area contributed by atoms with E-state index < -0.39 is 12.0 Å². The number of aromatic nitrogens is 1. The molecule has 114 valence electrons. The average molecular weight is 309 g/mol. The van der Waals surface area contributed by atoms with Crippen molar-refractivity contribution in [1.82, 2.24) is 14.8 Å². The molecule has 1 aliphatic rings. The fourth-order valence-corrected chi connectivity index (χ4v) is 2.79. The van der Waals surface area contributed by atoms with E-state index in [-0.39, 0.29) is 5.91 Å². The van der Waals surface area contributed by atoms with Crippen molar-refractivity contribution in [2.75, 3.05) is 26.2 Å². The molecular formula is C14H19N3O3S. The van der Waals surface area contributed by atoms with Gasteiger partial charge in [0.25, 0.3) is 0 Å². The fraction of sp³-hybridized carbons (Fsp3) is 0.500. The molecule has 2 heterocycles. The van der Waals surface area contributed by atoms with E-state index in [2.05, 4.69) is 4.98 Å². The van der Waals surface area contributed by atoms with Gasteiger partial charge in [0.1, 0.15) is 6.04 Å². The lowest BCUT2D eigenvalue weighted by Gasteiger charge is -2.36. The Morgan fingerprint density at radius 1 is 1.38 bits per heavy atom. The SMILES string of the molecule is Cc1nc(C=CC(=O)N2CCN(C(C)C(=O)O)CC2)cs1. The van der Waals surface area contributed by atoms with Crippen molar-refractivity contribution in [3.63, 3.8) is 0 Å². The van der Waals surface area contributed by atoms with Crippen LogP contribution in [0.15, 0.2) is 11.5 Å². The zero-order chi connectivity index (χ0) is 15.4. The van der Waals surface area contributed by atoms with Crippen LogP contribution in [0.1, 0.15) is 17.6 Å². The van der Waals surface area contributed by atoms with Gasteiger partial charge in [-0.15, -0.1) is 11.3 Å². The number of piperazine rings is 1. The molecule has 1 fully saturated rings. The molecule has 0 saturated carbocycles. The first-order valence-corrected chi connectivity index (χ1v) is 7.71. The number of aliphatic carboxylic acids is 1. The Kier molecular flexibility index (Phi) is 5.08. The summed E-state index contributed by atoms with van der Waals surface area (Å²) in [5.74, 6) is -0.878. The van der Waals surface area contributed by atoms with Crippen LogP contribution in [0.5, 0.6) is 0 Å². The number of amides is 1. The number of hydrogen-bond donors (Lipinski definition) is 1. The van der Waals surface area contributed by atoms with Crippen LogP contribution < -0.4 is 0 Å². The number of nitrogens with zero attached hydrogens (tertiary/aromatic N) is 3. The van der Waals surface area contributed by atoms with Gasteiger partial charge in [0.2, 0.25) is 5.91 Å². The molecule has 1 N–H and O–H groups in total.